The number of nitrogens with two attached hydrogens (primary N) is 1. The summed E-state index contributed by atoms with van der Waals surface area (Å²) in [6.45, 7) is 4.55. The first-order valence-corrected chi connectivity index (χ1v) is 9.42. The van der Waals surface area contributed by atoms with Gasteiger partial charge in [-0.1, -0.05) is 15.9 Å². The van der Waals surface area contributed by atoms with Gasteiger partial charge in [0.1, 0.15) is 12.4 Å². The van der Waals surface area contributed by atoms with Crippen molar-refractivity contribution in [3.63, 3.8) is 0 Å². The van der Waals surface area contributed by atoms with Gasteiger partial charge in [0.25, 0.3) is 0 Å². The first kappa shape index (κ1) is 19.5. The zero-order chi connectivity index (χ0) is 19.2. The van der Waals surface area contributed by atoms with Crippen molar-refractivity contribution in [2.45, 2.75) is 6.92 Å². The first-order chi connectivity index (χ1) is 13.1. The highest BCUT2D eigenvalue weighted by Crippen LogP contribution is 2.26. The normalized spacial score (nSPS) is 14.7. The van der Waals surface area contributed by atoms with Crippen LogP contribution in [0, 0.1) is 6.92 Å². The van der Waals surface area contributed by atoms with E-state index in [1.54, 1.807) is 6.21 Å². The van der Waals surface area contributed by atoms with E-state index in [0.29, 0.717) is 43.7 Å². The number of aliphatic hydroxyl groups is 1. The van der Waals surface area contributed by atoms with Crippen LogP contribution in [-0.4, -0.2) is 60.8 Å². The highest BCUT2D eigenvalue weighted by atomic mass is 79.9. The SMILES string of the molecule is Cc1cc(Br)ccc1N=Cc1c(N)nc(N2CCOCC2)nc1OCCO. The van der Waals surface area contributed by atoms with Crippen molar-refractivity contribution in [3.05, 3.63) is 33.8 Å². The molecule has 1 saturated heterocycles. The van der Waals surface area contributed by atoms with Gasteiger partial charge in [0, 0.05) is 23.8 Å². The Balaban J connectivity index is 1.93. The van der Waals surface area contributed by atoms with E-state index in [4.69, 9.17) is 20.3 Å². The highest BCUT2D eigenvalue weighted by molar-refractivity contribution is 9.10. The molecule has 2 aromatic rings. The van der Waals surface area contributed by atoms with Crippen LogP contribution in [0.25, 0.3) is 0 Å². The molecular weight excluding hydrogens is 414 g/mol. The molecule has 8 nitrogen and oxygen atoms in total. The topological polar surface area (TPSA) is 106 Å². The standard InChI is InChI=1S/C18H22BrN5O3/c1-12-10-13(19)2-3-15(12)21-11-14-16(20)22-18(23-17(14)27-9-6-25)24-4-7-26-8-5-24/h2-3,10-11,25H,4-9H2,1H3,(H2,20,22,23). The number of ether oxygens (including phenoxy) is 2. The van der Waals surface area contributed by atoms with Gasteiger partial charge >= 0.3 is 0 Å². The van der Waals surface area contributed by atoms with Crippen molar-refractivity contribution in [2.75, 3.05) is 50.2 Å². The van der Waals surface area contributed by atoms with Crippen LogP contribution < -0.4 is 15.4 Å². The summed E-state index contributed by atoms with van der Waals surface area (Å²) < 4.78 is 11.9. The van der Waals surface area contributed by atoms with Crippen molar-refractivity contribution >= 4 is 39.6 Å². The zero-order valence-electron chi connectivity index (χ0n) is 15.1. The van der Waals surface area contributed by atoms with Crippen LogP contribution in [0.15, 0.2) is 27.7 Å². The van der Waals surface area contributed by atoms with Crippen molar-refractivity contribution in [2.24, 2.45) is 4.99 Å². The molecule has 3 rings (SSSR count). The Hall–Kier alpha value is -2.23. The molecule has 0 radical (unpaired) electrons. The number of aliphatic imine (C=N–C) groups is 1. The lowest BCUT2D eigenvalue weighted by Gasteiger charge is -2.27. The summed E-state index contributed by atoms with van der Waals surface area (Å²) in [5.41, 5.74) is 8.49. The quantitative estimate of drug-likeness (QED) is 0.668. The molecule has 1 aliphatic heterocycles. The van der Waals surface area contributed by atoms with Gasteiger partial charge in [0.15, 0.2) is 0 Å². The Kier molecular flexibility index (Phi) is 6.59. The fourth-order valence-electron chi connectivity index (χ4n) is 2.63. The molecule has 0 bridgehead atoms. The second kappa shape index (κ2) is 9.12. The molecule has 0 spiro atoms. The lowest BCUT2D eigenvalue weighted by molar-refractivity contribution is 0.122. The lowest BCUT2D eigenvalue weighted by atomic mass is 10.2. The molecule has 0 saturated carbocycles. The third-order valence-corrected chi connectivity index (χ3v) is 4.54. The van der Waals surface area contributed by atoms with Gasteiger partial charge in [-0.3, -0.25) is 4.99 Å². The number of nitrogens with zero attached hydrogens (tertiary/aromatic N) is 4. The summed E-state index contributed by atoms with van der Waals surface area (Å²) in [5, 5.41) is 9.11. The number of anilines is 2. The molecule has 1 fully saturated rings. The lowest BCUT2D eigenvalue weighted by Crippen LogP contribution is -2.37. The molecule has 0 amide bonds. The van der Waals surface area contributed by atoms with Gasteiger partial charge in [-0.2, -0.15) is 9.97 Å². The second-order valence-corrected chi connectivity index (χ2v) is 6.90. The number of aromatic nitrogens is 2. The summed E-state index contributed by atoms with van der Waals surface area (Å²) in [4.78, 5) is 15.4. The van der Waals surface area contributed by atoms with Gasteiger partial charge in [-0.25, -0.2) is 0 Å². The zero-order valence-corrected chi connectivity index (χ0v) is 16.6. The van der Waals surface area contributed by atoms with Crippen LogP contribution in [0.2, 0.25) is 0 Å². The molecule has 1 aromatic carbocycles. The summed E-state index contributed by atoms with van der Waals surface area (Å²) in [5.74, 6) is 1.07. The van der Waals surface area contributed by atoms with Gasteiger partial charge in [-0.05, 0) is 30.7 Å². The molecule has 1 aromatic heterocycles. The molecule has 0 unspecified atom stereocenters. The van der Waals surface area contributed by atoms with Gasteiger partial charge < -0.3 is 25.2 Å². The van der Waals surface area contributed by atoms with Crippen molar-refractivity contribution in [1.29, 1.82) is 0 Å². The molecule has 27 heavy (non-hydrogen) atoms. The minimum Gasteiger partial charge on any atom is -0.475 e. The minimum atomic E-state index is -0.126. The predicted octanol–water partition coefficient (Wildman–Crippen LogP) is 2.09. The molecular formula is C18H22BrN5O3. The number of rotatable bonds is 6. The maximum atomic E-state index is 9.11. The van der Waals surface area contributed by atoms with E-state index in [2.05, 4.69) is 30.9 Å². The highest BCUT2D eigenvalue weighted by Gasteiger charge is 2.19. The first-order valence-electron chi connectivity index (χ1n) is 8.62. The number of hydrogen-bond donors (Lipinski definition) is 2. The number of morpholine rings is 1. The van der Waals surface area contributed by atoms with E-state index in [1.165, 1.54) is 0 Å². The van der Waals surface area contributed by atoms with Crippen LogP contribution in [0.5, 0.6) is 5.88 Å². The number of nitrogen functional groups attached to an aromatic ring is 1. The van der Waals surface area contributed by atoms with Crippen LogP contribution >= 0.6 is 15.9 Å². The fraction of sp³-hybridized carbons (Fsp3) is 0.389. The van der Waals surface area contributed by atoms with E-state index in [1.807, 2.05) is 30.0 Å². The molecule has 0 aliphatic carbocycles. The van der Waals surface area contributed by atoms with E-state index in [9.17, 15) is 0 Å². The van der Waals surface area contributed by atoms with E-state index in [0.717, 1.165) is 15.7 Å². The molecule has 2 heterocycles. The van der Waals surface area contributed by atoms with Crippen LogP contribution in [0.1, 0.15) is 11.1 Å². The third-order valence-electron chi connectivity index (χ3n) is 4.04. The fourth-order valence-corrected chi connectivity index (χ4v) is 3.11. The molecule has 0 atom stereocenters. The van der Waals surface area contributed by atoms with Crippen LogP contribution in [0.4, 0.5) is 17.5 Å². The molecule has 9 heteroatoms. The maximum Gasteiger partial charge on any atom is 0.230 e. The van der Waals surface area contributed by atoms with E-state index >= 15 is 0 Å². The Bertz CT molecular complexity index is 825. The van der Waals surface area contributed by atoms with E-state index in [-0.39, 0.29) is 19.0 Å². The van der Waals surface area contributed by atoms with Crippen LogP contribution in [-0.2, 0) is 4.74 Å². The Morgan fingerprint density at radius 1 is 1.37 bits per heavy atom. The summed E-state index contributed by atoms with van der Waals surface area (Å²) in [6.07, 6.45) is 1.60. The number of aryl methyl sites for hydroxylation is 1. The molecule has 1 aliphatic rings. The average molecular weight is 436 g/mol. The molecule has 3 N–H and O–H groups in total. The smallest absolute Gasteiger partial charge is 0.230 e. The van der Waals surface area contributed by atoms with Crippen molar-refractivity contribution in [1.82, 2.24) is 9.97 Å². The Morgan fingerprint density at radius 3 is 2.85 bits per heavy atom. The monoisotopic (exact) mass is 435 g/mol. The number of hydrogen-bond acceptors (Lipinski definition) is 8. The average Bonchev–Trinajstić information content (AvgIpc) is 2.67. The summed E-state index contributed by atoms with van der Waals surface area (Å²) >= 11 is 3.44. The van der Waals surface area contributed by atoms with Gasteiger partial charge in [0.05, 0.1) is 31.1 Å². The predicted molar refractivity (Wildman–Crippen MR) is 108 cm³/mol. The number of benzene rings is 1. The van der Waals surface area contributed by atoms with Crippen molar-refractivity contribution in [3.8, 4) is 5.88 Å². The number of halogens is 1. The summed E-state index contributed by atoms with van der Waals surface area (Å²) in [7, 11) is 0. The van der Waals surface area contributed by atoms with E-state index < -0.39 is 0 Å². The van der Waals surface area contributed by atoms with Gasteiger partial charge in [-0.15, -0.1) is 0 Å². The van der Waals surface area contributed by atoms with Crippen molar-refractivity contribution < 1.29 is 14.6 Å². The van der Waals surface area contributed by atoms with Gasteiger partial charge in [0.2, 0.25) is 11.8 Å². The minimum absolute atomic E-state index is 0.108. The third kappa shape index (κ3) is 4.94. The second-order valence-electron chi connectivity index (χ2n) is 5.99. The Morgan fingerprint density at radius 2 is 2.15 bits per heavy atom. The Labute approximate surface area is 166 Å². The largest absolute Gasteiger partial charge is 0.475 e. The molecule has 144 valence electrons. The number of aliphatic hydroxyl groups excluding tert-OH is 1. The summed E-state index contributed by atoms with van der Waals surface area (Å²) in [6, 6.07) is 5.81. The van der Waals surface area contributed by atoms with Crippen LogP contribution in [0.3, 0.4) is 0 Å². The maximum absolute atomic E-state index is 9.11.